The highest BCUT2D eigenvalue weighted by Crippen LogP contribution is 2.16. The third-order valence-corrected chi connectivity index (χ3v) is 2.07. The van der Waals surface area contributed by atoms with Crippen molar-refractivity contribution in [1.29, 1.82) is 0 Å². The van der Waals surface area contributed by atoms with Crippen LogP contribution in [0.3, 0.4) is 0 Å². The minimum Gasteiger partial charge on any atom is -0.450 e. The molecule has 84 valence electrons. The molecular weight excluding hydrogens is 180 g/mol. The molecule has 0 aromatic carbocycles. The number of hydrogen-bond donors (Lipinski definition) is 1. The van der Waals surface area contributed by atoms with Crippen molar-refractivity contribution in [2.24, 2.45) is 11.8 Å². The largest absolute Gasteiger partial charge is 0.506 e. The highest BCUT2D eigenvalue weighted by atomic mass is 16.7. The van der Waals surface area contributed by atoms with Gasteiger partial charge in [-0.2, -0.15) is 0 Å². The first kappa shape index (κ1) is 13.3. The Balaban J connectivity index is 3.90. The molecule has 0 fully saturated rings. The van der Waals surface area contributed by atoms with Gasteiger partial charge in [0.05, 0.1) is 0 Å². The summed E-state index contributed by atoms with van der Waals surface area (Å²) in [4.78, 5) is 10.4. The monoisotopic (exact) mass is 202 g/mol. The van der Waals surface area contributed by atoms with Gasteiger partial charge in [-0.1, -0.05) is 27.7 Å². The molecule has 0 aromatic rings. The van der Waals surface area contributed by atoms with E-state index in [2.05, 4.69) is 27.7 Å². The van der Waals surface area contributed by atoms with Crippen molar-refractivity contribution in [1.82, 2.24) is 0 Å². The molecule has 0 aliphatic rings. The van der Waals surface area contributed by atoms with Gasteiger partial charge < -0.3 is 9.84 Å². The van der Waals surface area contributed by atoms with Gasteiger partial charge in [0.1, 0.15) is 6.10 Å². The molecular formula is C11H22O3. The van der Waals surface area contributed by atoms with Crippen LogP contribution in [0.4, 0.5) is 4.79 Å². The van der Waals surface area contributed by atoms with Gasteiger partial charge in [0.2, 0.25) is 0 Å². The van der Waals surface area contributed by atoms with Gasteiger partial charge in [0, 0.05) is 0 Å². The van der Waals surface area contributed by atoms with Crippen molar-refractivity contribution in [2.45, 2.75) is 53.1 Å². The van der Waals surface area contributed by atoms with Crippen LogP contribution in [0.1, 0.15) is 47.0 Å². The maximum Gasteiger partial charge on any atom is 0.506 e. The lowest BCUT2D eigenvalue weighted by Crippen LogP contribution is -2.19. The third-order valence-electron chi connectivity index (χ3n) is 2.07. The summed E-state index contributed by atoms with van der Waals surface area (Å²) in [6.07, 6.45) is 1.39. The molecule has 0 saturated carbocycles. The van der Waals surface area contributed by atoms with E-state index in [9.17, 15) is 4.79 Å². The predicted octanol–water partition coefficient (Wildman–Crippen LogP) is 3.53. The Morgan fingerprint density at radius 3 is 2.07 bits per heavy atom. The highest BCUT2D eigenvalue weighted by molar-refractivity contribution is 5.57. The van der Waals surface area contributed by atoms with Crippen molar-refractivity contribution >= 4 is 6.16 Å². The minimum absolute atomic E-state index is 0.130. The second-order valence-corrected chi connectivity index (χ2v) is 4.61. The van der Waals surface area contributed by atoms with Crippen LogP contribution in [-0.4, -0.2) is 17.4 Å². The molecule has 1 atom stereocenters. The summed E-state index contributed by atoms with van der Waals surface area (Å²) in [6.45, 7) is 8.42. The van der Waals surface area contributed by atoms with Crippen molar-refractivity contribution in [3.63, 3.8) is 0 Å². The van der Waals surface area contributed by atoms with Gasteiger partial charge in [-0.3, -0.25) is 0 Å². The SMILES string of the molecule is CC(C)CCC(CC(C)C)OC(=O)O. The Bertz CT molecular complexity index is 164. The fraction of sp³-hybridized carbons (Fsp3) is 0.909. The summed E-state index contributed by atoms with van der Waals surface area (Å²) in [5.74, 6) is 1.08. The smallest absolute Gasteiger partial charge is 0.450 e. The molecule has 0 heterocycles. The summed E-state index contributed by atoms with van der Waals surface area (Å²) in [7, 11) is 0. The molecule has 0 amide bonds. The van der Waals surface area contributed by atoms with E-state index < -0.39 is 6.16 Å². The van der Waals surface area contributed by atoms with Gasteiger partial charge >= 0.3 is 6.16 Å². The quantitative estimate of drug-likeness (QED) is 0.670. The lowest BCUT2D eigenvalue weighted by molar-refractivity contribution is 0.0370. The number of rotatable bonds is 6. The molecule has 0 aliphatic heterocycles. The Kier molecular flexibility index (Phi) is 6.34. The molecule has 3 nitrogen and oxygen atoms in total. The maximum atomic E-state index is 10.4. The van der Waals surface area contributed by atoms with E-state index in [-0.39, 0.29) is 6.10 Å². The van der Waals surface area contributed by atoms with Crippen LogP contribution in [0.5, 0.6) is 0 Å². The van der Waals surface area contributed by atoms with Crippen LogP contribution in [0.25, 0.3) is 0 Å². The summed E-state index contributed by atoms with van der Waals surface area (Å²) in [5, 5.41) is 8.54. The fourth-order valence-electron chi connectivity index (χ4n) is 1.41. The second-order valence-electron chi connectivity index (χ2n) is 4.61. The topological polar surface area (TPSA) is 46.5 Å². The molecule has 0 spiro atoms. The number of hydrogen-bond acceptors (Lipinski definition) is 2. The van der Waals surface area contributed by atoms with E-state index in [0.717, 1.165) is 19.3 Å². The van der Waals surface area contributed by atoms with E-state index in [0.29, 0.717) is 11.8 Å². The van der Waals surface area contributed by atoms with Crippen LogP contribution in [0, 0.1) is 11.8 Å². The van der Waals surface area contributed by atoms with Gasteiger partial charge in [-0.05, 0) is 31.1 Å². The highest BCUT2D eigenvalue weighted by Gasteiger charge is 2.15. The van der Waals surface area contributed by atoms with Crippen molar-refractivity contribution in [3.8, 4) is 0 Å². The molecule has 0 saturated heterocycles. The summed E-state index contributed by atoms with van der Waals surface area (Å²) >= 11 is 0. The summed E-state index contributed by atoms with van der Waals surface area (Å²) in [5.41, 5.74) is 0. The van der Waals surface area contributed by atoms with Crippen molar-refractivity contribution in [2.75, 3.05) is 0 Å². The van der Waals surface area contributed by atoms with E-state index >= 15 is 0 Å². The van der Waals surface area contributed by atoms with Gasteiger partial charge in [0.15, 0.2) is 0 Å². The van der Waals surface area contributed by atoms with Crippen LogP contribution >= 0.6 is 0 Å². The molecule has 0 aliphatic carbocycles. The van der Waals surface area contributed by atoms with Gasteiger partial charge in [-0.25, -0.2) is 4.79 Å². The van der Waals surface area contributed by atoms with Crippen LogP contribution in [0.15, 0.2) is 0 Å². The zero-order valence-corrected chi connectivity index (χ0v) is 9.62. The predicted molar refractivity (Wildman–Crippen MR) is 56.4 cm³/mol. The number of carboxylic acid groups (broad SMARTS) is 1. The second kappa shape index (κ2) is 6.68. The first-order valence-electron chi connectivity index (χ1n) is 5.31. The lowest BCUT2D eigenvalue weighted by atomic mass is 9.98. The molecule has 0 aromatic heterocycles. The normalized spacial score (nSPS) is 13.3. The first-order valence-corrected chi connectivity index (χ1v) is 5.31. The van der Waals surface area contributed by atoms with Crippen LogP contribution in [-0.2, 0) is 4.74 Å². The van der Waals surface area contributed by atoms with Crippen molar-refractivity contribution < 1.29 is 14.6 Å². The summed E-state index contributed by atoms with van der Waals surface area (Å²) < 4.78 is 4.83. The number of ether oxygens (including phenoxy) is 1. The number of carbonyl (C=O) groups is 1. The Labute approximate surface area is 86.5 Å². The standard InChI is InChI=1S/C11H22O3/c1-8(2)5-6-10(7-9(3)4)14-11(12)13/h8-10H,5-7H2,1-4H3,(H,12,13). The molecule has 0 rings (SSSR count). The van der Waals surface area contributed by atoms with E-state index in [1.165, 1.54) is 0 Å². The molecule has 1 N–H and O–H groups in total. The van der Waals surface area contributed by atoms with Gasteiger partial charge in [0.25, 0.3) is 0 Å². The third kappa shape index (κ3) is 7.90. The minimum atomic E-state index is -1.15. The zero-order valence-electron chi connectivity index (χ0n) is 9.62. The fourth-order valence-corrected chi connectivity index (χ4v) is 1.41. The zero-order chi connectivity index (χ0) is 11.1. The molecule has 1 unspecified atom stereocenters. The Morgan fingerprint density at radius 2 is 1.71 bits per heavy atom. The maximum absolute atomic E-state index is 10.4. The average molecular weight is 202 g/mol. The molecule has 3 heteroatoms. The molecule has 0 radical (unpaired) electrons. The van der Waals surface area contributed by atoms with Crippen LogP contribution in [0.2, 0.25) is 0 Å². The van der Waals surface area contributed by atoms with Gasteiger partial charge in [-0.15, -0.1) is 0 Å². The lowest BCUT2D eigenvalue weighted by Gasteiger charge is -2.18. The first-order chi connectivity index (χ1) is 6.41. The van der Waals surface area contributed by atoms with E-state index in [1.807, 2.05) is 0 Å². The van der Waals surface area contributed by atoms with Crippen LogP contribution < -0.4 is 0 Å². The summed E-state index contributed by atoms with van der Waals surface area (Å²) in [6, 6.07) is 0. The average Bonchev–Trinajstić information content (AvgIpc) is 1.97. The van der Waals surface area contributed by atoms with E-state index in [4.69, 9.17) is 9.84 Å². The van der Waals surface area contributed by atoms with E-state index in [1.54, 1.807) is 0 Å². The van der Waals surface area contributed by atoms with Crippen molar-refractivity contribution in [3.05, 3.63) is 0 Å². The molecule has 14 heavy (non-hydrogen) atoms. The Morgan fingerprint density at radius 1 is 1.14 bits per heavy atom. The Hall–Kier alpha value is -0.730. The molecule has 0 bridgehead atoms.